The van der Waals surface area contributed by atoms with Gasteiger partial charge in [-0.2, -0.15) is 0 Å². The summed E-state index contributed by atoms with van der Waals surface area (Å²) in [5.74, 6) is -0.492. The molecule has 3 nitrogen and oxygen atoms in total. The van der Waals surface area contributed by atoms with Crippen LogP contribution in [0.1, 0.15) is 6.92 Å². The molecule has 68 valence electrons. The Morgan fingerprint density at radius 3 is 2.92 bits per heavy atom. The molecule has 1 heterocycles. The van der Waals surface area contributed by atoms with Crippen LogP contribution < -0.4 is 10.6 Å². The lowest BCUT2D eigenvalue weighted by Crippen LogP contribution is -2.36. The van der Waals surface area contributed by atoms with Crippen molar-refractivity contribution < 1.29 is 9.18 Å². The third-order valence-corrected chi connectivity index (χ3v) is 2.00. The lowest BCUT2D eigenvalue weighted by molar-refractivity contribution is -0.116. The molecule has 0 aliphatic carbocycles. The number of benzene rings is 1. The Balaban J connectivity index is 2.42. The SMILES string of the molecule is C[C@@H]1Nc2ccc(F)cc2NC1=O. The third-order valence-electron chi connectivity index (χ3n) is 2.00. The maximum Gasteiger partial charge on any atom is 0.246 e. The third kappa shape index (κ3) is 1.35. The normalized spacial score (nSPS) is 20.2. The smallest absolute Gasteiger partial charge is 0.246 e. The predicted octanol–water partition coefficient (Wildman–Crippen LogP) is 1.58. The van der Waals surface area contributed by atoms with Gasteiger partial charge in [-0.15, -0.1) is 0 Å². The number of fused-ring (bicyclic) bond motifs is 1. The van der Waals surface area contributed by atoms with Gasteiger partial charge in [0.2, 0.25) is 5.91 Å². The number of rotatable bonds is 0. The van der Waals surface area contributed by atoms with Crippen molar-refractivity contribution in [2.24, 2.45) is 0 Å². The van der Waals surface area contributed by atoms with Gasteiger partial charge >= 0.3 is 0 Å². The largest absolute Gasteiger partial charge is 0.372 e. The Labute approximate surface area is 74.9 Å². The zero-order valence-electron chi connectivity index (χ0n) is 7.10. The summed E-state index contributed by atoms with van der Waals surface area (Å²) in [6, 6.07) is 4.00. The fourth-order valence-corrected chi connectivity index (χ4v) is 1.29. The molecule has 13 heavy (non-hydrogen) atoms. The molecular formula is C9H9FN2O. The minimum absolute atomic E-state index is 0.141. The molecule has 4 heteroatoms. The summed E-state index contributed by atoms with van der Waals surface area (Å²) in [4.78, 5) is 11.2. The predicted molar refractivity (Wildman–Crippen MR) is 48.1 cm³/mol. The highest BCUT2D eigenvalue weighted by Gasteiger charge is 2.20. The van der Waals surface area contributed by atoms with Crippen LogP contribution in [-0.2, 0) is 4.79 Å². The van der Waals surface area contributed by atoms with E-state index < -0.39 is 0 Å². The average Bonchev–Trinajstić information content (AvgIpc) is 2.08. The van der Waals surface area contributed by atoms with Crippen molar-refractivity contribution in [3.63, 3.8) is 0 Å². The summed E-state index contributed by atoms with van der Waals surface area (Å²) in [5, 5.41) is 5.57. The topological polar surface area (TPSA) is 41.1 Å². The van der Waals surface area contributed by atoms with Crippen LogP contribution >= 0.6 is 0 Å². The van der Waals surface area contributed by atoms with Gasteiger partial charge in [0.25, 0.3) is 0 Å². The van der Waals surface area contributed by atoms with Gasteiger partial charge < -0.3 is 10.6 Å². The summed E-state index contributed by atoms with van der Waals surface area (Å²) < 4.78 is 12.7. The Morgan fingerprint density at radius 1 is 1.38 bits per heavy atom. The van der Waals surface area contributed by atoms with E-state index in [2.05, 4.69) is 10.6 Å². The molecule has 0 spiro atoms. The lowest BCUT2D eigenvalue weighted by atomic mass is 10.1. The molecule has 0 aromatic heterocycles. The Bertz CT molecular complexity index is 365. The molecule has 0 radical (unpaired) electrons. The van der Waals surface area contributed by atoms with Crippen molar-refractivity contribution in [1.82, 2.24) is 0 Å². The molecule has 0 fully saturated rings. The van der Waals surface area contributed by atoms with Crippen LogP contribution in [0.25, 0.3) is 0 Å². The van der Waals surface area contributed by atoms with Crippen LogP contribution in [0, 0.1) is 5.82 Å². The van der Waals surface area contributed by atoms with Gasteiger partial charge in [-0.05, 0) is 25.1 Å². The molecule has 2 N–H and O–H groups in total. The van der Waals surface area contributed by atoms with Crippen molar-refractivity contribution in [2.75, 3.05) is 10.6 Å². The first kappa shape index (κ1) is 8.04. The summed E-state index contributed by atoms with van der Waals surface area (Å²) in [5.41, 5.74) is 1.26. The van der Waals surface area contributed by atoms with Crippen molar-refractivity contribution in [1.29, 1.82) is 0 Å². The first-order valence-electron chi connectivity index (χ1n) is 4.04. The Morgan fingerprint density at radius 2 is 2.15 bits per heavy atom. The Hall–Kier alpha value is -1.58. The number of halogens is 1. The molecule has 1 aliphatic rings. The molecule has 0 saturated carbocycles. The number of anilines is 2. The zero-order valence-corrected chi connectivity index (χ0v) is 7.10. The van der Waals surface area contributed by atoms with E-state index in [-0.39, 0.29) is 17.8 Å². The van der Waals surface area contributed by atoms with Crippen molar-refractivity contribution in [3.05, 3.63) is 24.0 Å². The number of hydrogen-bond acceptors (Lipinski definition) is 2. The number of amides is 1. The monoisotopic (exact) mass is 180 g/mol. The van der Waals surface area contributed by atoms with Crippen LogP contribution in [0.2, 0.25) is 0 Å². The zero-order chi connectivity index (χ0) is 9.42. The van der Waals surface area contributed by atoms with Crippen LogP contribution in [0.15, 0.2) is 18.2 Å². The van der Waals surface area contributed by atoms with E-state index in [9.17, 15) is 9.18 Å². The summed E-state index contributed by atoms with van der Waals surface area (Å²) in [6.07, 6.45) is 0. The maximum atomic E-state index is 12.7. The fourth-order valence-electron chi connectivity index (χ4n) is 1.29. The summed E-state index contributed by atoms with van der Waals surface area (Å²) in [6.45, 7) is 1.75. The minimum atomic E-state index is -0.351. The second-order valence-electron chi connectivity index (χ2n) is 3.05. The van der Waals surface area contributed by atoms with Crippen LogP contribution in [0.5, 0.6) is 0 Å². The number of nitrogens with one attached hydrogen (secondary N) is 2. The van der Waals surface area contributed by atoms with E-state index >= 15 is 0 Å². The van der Waals surface area contributed by atoms with Gasteiger partial charge in [0.15, 0.2) is 0 Å². The highest BCUT2D eigenvalue weighted by atomic mass is 19.1. The highest BCUT2D eigenvalue weighted by molar-refractivity contribution is 6.02. The van der Waals surface area contributed by atoms with E-state index in [4.69, 9.17) is 0 Å². The fraction of sp³-hybridized carbons (Fsp3) is 0.222. The molecular weight excluding hydrogens is 171 g/mol. The van der Waals surface area contributed by atoms with Gasteiger partial charge in [0.05, 0.1) is 11.4 Å². The molecule has 1 atom stereocenters. The quantitative estimate of drug-likeness (QED) is 0.636. The van der Waals surface area contributed by atoms with Crippen molar-refractivity contribution in [3.8, 4) is 0 Å². The lowest BCUT2D eigenvalue weighted by Gasteiger charge is -2.23. The number of carbonyl (C=O) groups excluding carboxylic acids is 1. The standard InChI is InChI=1S/C9H9FN2O/c1-5-9(13)12-8-4-6(10)2-3-7(8)11-5/h2-5,11H,1H3,(H,12,13)/t5-/m0/s1. The molecule has 1 aromatic rings. The van der Waals surface area contributed by atoms with E-state index in [0.29, 0.717) is 5.69 Å². The van der Waals surface area contributed by atoms with E-state index in [1.165, 1.54) is 12.1 Å². The molecule has 1 amide bonds. The van der Waals surface area contributed by atoms with E-state index in [0.717, 1.165) is 5.69 Å². The minimum Gasteiger partial charge on any atom is -0.372 e. The van der Waals surface area contributed by atoms with E-state index in [1.807, 2.05) is 0 Å². The van der Waals surface area contributed by atoms with Crippen molar-refractivity contribution >= 4 is 17.3 Å². The van der Waals surface area contributed by atoms with E-state index in [1.54, 1.807) is 13.0 Å². The van der Waals surface area contributed by atoms with Crippen LogP contribution in [0.3, 0.4) is 0 Å². The second kappa shape index (κ2) is 2.73. The number of carbonyl (C=O) groups is 1. The van der Waals surface area contributed by atoms with Crippen LogP contribution in [0.4, 0.5) is 15.8 Å². The van der Waals surface area contributed by atoms with Gasteiger partial charge in [-0.25, -0.2) is 4.39 Å². The highest BCUT2D eigenvalue weighted by Crippen LogP contribution is 2.26. The first-order valence-corrected chi connectivity index (χ1v) is 4.04. The average molecular weight is 180 g/mol. The molecule has 0 unspecified atom stereocenters. The molecule has 1 aliphatic heterocycles. The number of hydrogen-bond donors (Lipinski definition) is 2. The van der Waals surface area contributed by atoms with Gasteiger partial charge in [0, 0.05) is 0 Å². The molecule has 0 saturated heterocycles. The van der Waals surface area contributed by atoms with Gasteiger partial charge in [-0.1, -0.05) is 0 Å². The molecule has 2 rings (SSSR count). The Kier molecular flexibility index (Phi) is 1.69. The first-order chi connectivity index (χ1) is 6.16. The second-order valence-corrected chi connectivity index (χ2v) is 3.05. The molecule has 1 aromatic carbocycles. The summed E-state index contributed by atoms with van der Waals surface area (Å²) >= 11 is 0. The van der Waals surface area contributed by atoms with Gasteiger partial charge in [0.1, 0.15) is 11.9 Å². The maximum absolute atomic E-state index is 12.7. The molecule has 0 bridgehead atoms. The van der Waals surface area contributed by atoms with Crippen molar-refractivity contribution in [2.45, 2.75) is 13.0 Å². The van der Waals surface area contributed by atoms with Crippen LogP contribution in [-0.4, -0.2) is 11.9 Å². The van der Waals surface area contributed by atoms with Gasteiger partial charge in [-0.3, -0.25) is 4.79 Å². The summed E-state index contributed by atoms with van der Waals surface area (Å²) in [7, 11) is 0.